The van der Waals surface area contributed by atoms with Crippen LogP contribution in [0, 0.1) is 5.92 Å². The van der Waals surface area contributed by atoms with Crippen LogP contribution >= 0.6 is 0 Å². The predicted octanol–water partition coefficient (Wildman–Crippen LogP) is 3.04. The smallest absolute Gasteiger partial charge is 0.0724 e. The summed E-state index contributed by atoms with van der Waals surface area (Å²) in [6.07, 6.45) is 11.0. The molecule has 0 saturated heterocycles. The lowest BCUT2D eigenvalue weighted by Crippen LogP contribution is -2.57. The molecule has 0 amide bonds. The van der Waals surface area contributed by atoms with Crippen molar-refractivity contribution in [3.63, 3.8) is 0 Å². The van der Waals surface area contributed by atoms with Gasteiger partial charge >= 0.3 is 0 Å². The zero-order valence-electron chi connectivity index (χ0n) is 14.0. The first-order chi connectivity index (χ1) is 9.57. The fourth-order valence-electron chi connectivity index (χ4n) is 4.29. The highest BCUT2D eigenvalue weighted by molar-refractivity contribution is 4.96. The molecule has 1 N–H and O–H groups in total. The van der Waals surface area contributed by atoms with E-state index in [2.05, 4.69) is 31.2 Å². The normalized spacial score (nSPS) is 39.1. The molecule has 2 rings (SSSR count). The number of ether oxygens (including phenoxy) is 1. The van der Waals surface area contributed by atoms with Crippen molar-refractivity contribution in [2.75, 3.05) is 27.7 Å². The summed E-state index contributed by atoms with van der Waals surface area (Å²) in [4.78, 5) is 2.47. The van der Waals surface area contributed by atoms with Gasteiger partial charge in [-0.3, -0.25) is 0 Å². The standard InChI is InChI=1S/C17H34N2O/c1-14-8-7-11-17(12-14,19(2)3)13-18-15-9-5-6-10-16(15)20-4/h14-16,18H,5-13H2,1-4H3. The third-order valence-corrected chi connectivity index (χ3v) is 5.71. The van der Waals surface area contributed by atoms with Crippen molar-refractivity contribution in [3.05, 3.63) is 0 Å². The Bertz CT molecular complexity index is 295. The molecule has 20 heavy (non-hydrogen) atoms. The molecule has 0 radical (unpaired) electrons. The van der Waals surface area contributed by atoms with E-state index in [9.17, 15) is 0 Å². The van der Waals surface area contributed by atoms with Crippen LogP contribution in [0.1, 0.15) is 58.3 Å². The summed E-state index contributed by atoms with van der Waals surface area (Å²) in [6, 6.07) is 0.558. The molecule has 0 aromatic rings. The molecule has 0 aliphatic heterocycles. The molecule has 0 heterocycles. The van der Waals surface area contributed by atoms with Crippen LogP contribution in [-0.4, -0.2) is 50.3 Å². The number of rotatable bonds is 5. The molecule has 4 unspecified atom stereocenters. The summed E-state index contributed by atoms with van der Waals surface area (Å²) in [6.45, 7) is 3.53. The van der Waals surface area contributed by atoms with Gasteiger partial charge in [-0.25, -0.2) is 0 Å². The van der Waals surface area contributed by atoms with Crippen LogP contribution in [0.2, 0.25) is 0 Å². The fraction of sp³-hybridized carbons (Fsp3) is 1.00. The van der Waals surface area contributed by atoms with Gasteiger partial charge in [-0.1, -0.05) is 32.6 Å². The molecular formula is C17H34N2O. The molecule has 2 saturated carbocycles. The first-order valence-electron chi connectivity index (χ1n) is 8.51. The summed E-state index contributed by atoms with van der Waals surface area (Å²) in [5.74, 6) is 0.859. The predicted molar refractivity (Wildman–Crippen MR) is 85.1 cm³/mol. The largest absolute Gasteiger partial charge is 0.380 e. The average molecular weight is 282 g/mol. The third kappa shape index (κ3) is 3.75. The van der Waals surface area contributed by atoms with Gasteiger partial charge in [0.25, 0.3) is 0 Å². The Hall–Kier alpha value is -0.120. The highest BCUT2D eigenvalue weighted by Gasteiger charge is 2.38. The van der Waals surface area contributed by atoms with Crippen molar-refractivity contribution in [2.45, 2.75) is 76.0 Å². The summed E-state index contributed by atoms with van der Waals surface area (Å²) in [5, 5.41) is 3.87. The van der Waals surface area contributed by atoms with Gasteiger partial charge in [0, 0.05) is 25.2 Å². The Morgan fingerprint density at radius 1 is 1.15 bits per heavy atom. The quantitative estimate of drug-likeness (QED) is 0.839. The van der Waals surface area contributed by atoms with Gasteiger partial charge in [0.15, 0.2) is 0 Å². The minimum Gasteiger partial charge on any atom is -0.380 e. The second kappa shape index (κ2) is 7.24. The van der Waals surface area contributed by atoms with Crippen molar-refractivity contribution in [2.24, 2.45) is 5.92 Å². The molecule has 4 atom stereocenters. The minimum absolute atomic E-state index is 0.355. The Morgan fingerprint density at radius 3 is 2.55 bits per heavy atom. The number of methoxy groups -OCH3 is 1. The maximum atomic E-state index is 5.68. The molecule has 2 aliphatic rings. The molecule has 0 aromatic carbocycles. The van der Waals surface area contributed by atoms with E-state index in [1.54, 1.807) is 0 Å². The van der Waals surface area contributed by atoms with Gasteiger partial charge in [-0.05, 0) is 45.7 Å². The molecule has 2 fully saturated rings. The lowest BCUT2D eigenvalue weighted by Gasteiger charge is -2.46. The van der Waals surface area contributed by atoms with E-state index in [0.717, 1.165) is 12.5 Å². The number of hydrogen-bond acceptors (Lipinski definition) is 3. The molecule has 0 aromatic heterocycles. The van der Waals surface area contributed by atoms with E-state index < -0.39 is 0 Å². The first kappa shape index (κ1) is 16.3. The van der Waals surface area contributed by atoms with Crippen molar-refractivity contribution in [1.82, 2.24) is 10.2 Å². The second-order valence-electron chi connectivity index (χ2n) is 7.37. The molecule has 118 valence electrons. The van der Waals surface area contributed by atoms with Crippen molar-refractivity contribution in [3.8, 4) is 0 Å². The summed E-state index contributed by atoms with van der Waals surface area (Å²) in [5.41, 5.74) is 0.355. The monoisotopic (exact) mass is 282 g/mol. The van der Waals surface area contributed by atoms with Crippen LogP contribution in [0.25, 0.3) is 0 Å². The Kier molecular flexibility index (Phi) is 5.88. The van der Waals surface area contributed by atoms with E-state index in [-0.39, 0.29) is 0 Å². The summed E-state index contributed by atoms with van der Waals surface area (Å²) in [7, 11) is 6.39. The molecule has 3 heteroatoms. The lowest BCUT2D eigenvalue weighted by molar-refractivity contribution is 0.0246. The van der Waals surface area contributed by atoms with Gasteiger partial charge in [0.2, 0.25) is 0 Å². The number of hydrogen-bond donors (Lipinski definition) is 1. The molecule has 3 nitrogen and oxygen atoms in total. The minimum atomic E-state index is 0.355. The number of likely N-dealkylation sites (N-methyl/N-ethyl adjacent to an activating group) is 1. The van der Waals surface area contributed by atoms with E-state index in [4.69, 9.17) is 4.74 Å². The van der Waals surface area contributed by atoms with E-state index >= 15 is 0 Å². The summed E-state index contributed by atoms with van der Waals surface area (Å²) < 4.78 is 5.68. The highest BCUT2D eigenvalue weighted by Crippen LogP contribution is 2.35. The maximum Gasteiger partial charge on any atom is 0.0724 e. The zero-order valence-corrected chi connectivity index (χ0v) is 14.0. The van der Waals surface area contributed by atoms with Crippen molar-refractivity contribution < 1.29 is 4.74 Å². The topological polar surface area (TPSA) is 24.5 Å². The maximum absolute atomic E-state index is 5.68. The van der Waals surface area contributed by atoms with Crippen molar-refractivity contribution in [1.29, 1.82) is 0 Å². The van der Waals surface area contributed by atoms with Gasteiger partial charge < -0.3 is 15.0 Å². The van der Waals surface area contributed by atoms with Gasteiger partial charge in [-0.2, -0.15) is 0 Å². The Balaban J connectivity index is 1.94. The first-order valence-corrected chi connectivity index (χ1v) is 8.51. The SMILES string of the molecule is COC1CCCCC1NCC1(N(C)C)CCCC(C)C1. The Morgan fingerprint density at radius 2 is 1.90 bits per heavy atom. The van der Waals surface area contributed by atoms with Crippen molar-refractivity contribution >= 4 is 0 Å². The van der Waals surface area contributed by atoms with E-state index in [0.29, 0.717) is 17.7 Å². The van der Waals surface area contributed by atoms with Gasteiger partial charge in [0.1, 0.15) is 0 Å². The van der Waals surface area contributed by atoms with Crippen LogP contribution in [0.5, 0.6) is 0 Å². The third-order valence-electron chi connectivity index (χ3n) is 5.71. The number of nitrogens with zero attached hydrogens (tertiary/aromatic N) is 1. The zero-order chi connectivity index (χ0) is 14.6. The highest BCUT2D eigenvalue weighted by atomic mass is 16.5. The van der Waals surface area contributed by atoms with Crippen LogP contribution in [0.3, 0.4) is 0 Å². The second-order valence-corrected chi connectivity index (χ2v) is 7.37. The van der Waals surface area contributed by atoms with Gasteiger partial charge in [0.05, 0.1) is 6.10 Å². The molecular weight excluding hydrogens is 248 g/mol. The van der Waals surface area contributed by atoms with E-state index in [1.807, 2.05) is 7.11 Å². The number of nitrogens with one attached hydrogen (secondary N) is 1. The van der Waals surface area contributed by atoms with Crippen LogP contribution < -0.4 is 5.32 Å². The van der Waals surface area contributed by atoms with Crippen LogP contribution in [-0.2, 0) is 4.74 Å². The average Bonchev–Trinajstić information content (AvgIpc) is 2.45. The van der Waals surface area contributed by atoms with Gasteiger partial charge in [-0.15, -0.1) is 0 Å². The molecule has 2 aliphatic carbocycles. The van der Waals surface area contributed by atoms with Crippen LogP contribution in [0.15, 0.2) is 0 Å². The summed E-state index contributed by atoms with van der Waals surface area (Å²) >= 11 is 0. The fourth-order valence-corrected chi connectivity index (χ4v) is 4.29. The lowest BCUT2D eigenvalue weighted by atomic mass is 9.75. The van der Waals surface area contributed by atoms with Crippen LogP contribution in [0.4, 0.5) is 0 Å². The van der Waals surface area contributed by atoms with E-state index in [1.165, 1.54) is 51.4 Å². The molecule has 0 spiro atoms. The Labute approximate surface area is 125 Å². The molecule has 0 bridgehead atoms.